The van der Waals surface area contributed by atoms with Crippen LogP contribution in [-0.2, 0) is 10.0 Å². The van der Waals surface area contributed by atoms with Crippen molar-refractivity contribution < 1.29 is 12.8 Å². The lowest BCUT2D eigenvalue weighted by Gasteiger charge is -2.20. The van der Waals surface area contributed by atoms with E-state index in [1.165, 1.54) is 11.1 Å². The molecule has 110 valence electrons. The van der Waals surface area contributed by atoms with Gasteiger partial charge in [-0.05, 0) is 42.5 Å². The van der Waals surface area contributed by atoms with Crippen LogP contribution in [0.4, 0.5) is 0 Å². The number of sulfonamides is 1. The first-order valence-electron chi connectivity index (χ1n) is 6.90. The maximum atomic E-state index is 12.8. The molecule has 1 aromatic carbocycles. The number of nitrogens with zero attached hydrogens (tertiary/aromatic N) is 2. The average molecular weight is 304 g/mol. The van der Waals surface area contributed by atoms with E-state index in [9.17, 15) is 8.42 Å². The summed E-state index contributed by atoms with van der Waals surface area (Å²) < 4.78 is 32.4. The van der Waals surface area contributed by atoms with Crippen molar-refractivity contribution in [2.75, 3.05) is 33.2 Å². The lowest BCUT2D eigenvalue weighted by Crippen LogP contribution is -2.33. The highest BCUT2D eigenvalue weighted by atomic mass is 32.2. The van der Waals surface area contributed by atoms with Gasteiger partial charge in [-0.1, -0.05) is 0 Å². The zero-order chi connectivity index (χ0) is 14.6. The van der Waals surface area contributed by atoms with Crippen LogP contribution in [0.25, 0.3) is 11.0 Å². The largest absolute Gasteiger partial charge is 0.464 e. The van der Waals surface area contributed by atoms with Crippen molar-refractivity contribution in [1.29, 1.82) is 0 Å². The van der Waals surface area contributed by atoms with E-state index >= 15 is 0 Å². The summed E-state index contributed by atoms with van der Waals surface area (Å²) in [6.07, 6.45) is 1.57. The minimum absolute atomic E-state index is 0.339. The van der Waals surface area contributed by atoms with E-state index < -0.39 is 10.0 Å². The van der Waals surface area contributed by atoms with Gasteiger partial charge in [0.05, 0.1) is 11.2 Å². The Hall–Kier alpha value is -1.63. The minimum atomic E-state index is -3.44. The minimum Gasteiger partial charge on any atom is -0.464 e. The van der Waals surface area contributed by atoms with Gasteiger partial charge in [0, 0.05) is 31.6 Å². The third-order valence-electron chi connectivity index (χ3n) is 4.22. The molecule has 0 spiro atoms. The van der Waals surface area contributed by atoms with Crippen molar-refractivity contribution in [3.05, 3.63) is 41.7 Å². The lowest BCUT2D eigenvalue weighted by atomic mass is 10.2. The topological polar surface area (TPSA) is 53.8 Å². The van der Waals surface area contributed by atoms with Crippen LogP contribution in [0.15, 0.2) is 51.0 Å². The van der Waals surface area contributed by atoms with E-state index in [2.05, 4.69) is 11.9 Å². The fraction of sp³-hybridized carbons (Fsp3) is 0.333. The van der Waals surface area contributed by atoms with Gasteiger partial charge in [0.2, 0.25) is 10.0 Å². The summed E-state index contributed by atoms with van der Waals surface area (Å²) in [5.41, 5.74) is 3.22. The van der Waals surface area contributed by atoms with E-state index in [1.807, 2.05) is 0 Å². The highest BCUT2D eigenvalue weighted by molar-refractivity contribution is 7.89. The third-order valence-corrected chi connectivity index (χ3v) is 6.01. The van der Waals surface area contributed by atoms with Gasteiger partial charge in [-0.3, -0.25) is 4.90 Å². The Balaban J connectivity index is 1.65. The second-order valence-electron chi connectivity index (χ2n) is 5.77. The predicted octanol–water partition coefficient (Wildman–Crippen LogP) is 1.68. The molecule has 0 saturated carbocycles. The van der Waals surface area contributed by atoms with Gasteiger partial charge in [-0.25, -0.2) is 8.42 Å². The van der Waals surface area contributed by atoms with Crippen LogP contribution < -0.4 is 0 Å². The van der Waals surface area contributed by atoms with Gasteiger partial charge in [0.1, 0.15) is 5.58 Å². The second-order valence-corrected chi connectivity index (χ2v) is 7.71. The van der Waals surface area contributed by atoms with Gasteiger partial charge in [-0.15, -0.1) is 0 Å². The molecule has 0 fully saturated rings. The summed E-state index contributed by atoms with van der Waals surface area (Å²) in [5, 5.41) is 0.815. The molecule has 2 aromatic rings. The van der Waals surface area contributed by atoms with Crippen LogP contribution in [0, 0.1) is 0 Å². The molecule has 5 nitrogen and oxygen atoms in total. The molecule has 0 saturated heterocycles. The average Bonchev–Trinajstić information content (AvgIpc) is 3.10. The first-order valence-corrected chi connectivity index (χ1v) is 8.34. The van der Waals surface area contributed by atoms with Crippen molar-refractivity contribution in [2.45, 2.75) is 4.90 Å². The highest BCUT2D eigenvalue weighted by Crippen LogP contribution is 2.30. The summed E-state index contributed by atoms with van der Waals surface area (Å²) in [5.74, 6) is 0. The van der Waals surface area contributed by atoms with Crippen molar-refractivity contribution >= 4 is 21.0 Å². The molecule has 0 aliphatic carbocycles. The Morgan fingerprint density at radius 2 is 1.76 bits per heavy atom. The SMILES string of the molecule is CN1CC2=C(C1)CN(S(=O)(=O)c1ccc3occc3c1)C2. The van der Waals surface area contributed by atoms with E-state index in [4.69, 9.17) is 4.42 Å². The summed E-state index contributed by atoms with van der Waals surface area (Å²) in [7, 11) is -1.38. The molecule has 3 heterocycles. The second kappa shape index (κ2) is 4.43. The number of hydrogen-bond donors (Lipinski definition) is 0. The van der Waals surface area contributed by atoms with Crippen molar-refractivity contribution in [1.82, 2.24) is 9.21 Å². The highest BCUT2D eigenvalue weighted by Gasteiger charge is 2.35. The maximum Gasteiger partial charge on any atom is 0.243 e. The normalized spacial score (nSPS) is 20.6. The van der Waals surface area contributed by atoms with Gasteiger partial charge < -0.3 is 4.42 Å². The summed E-state index contributed by atoms with van der Waals surface area (Å²) >= 11 is 0. The van der Waals surface area contributed by atoms with Gasteiger partial charge in [0.15, 0.2) is 0 Å². The molecule has 0 N–H and O–H groups in total. The lowest BCUT2D eigenvalue weighted by molar-refractivity contribution is 0.389. The molecule has 0 bridgehead atoms. The molecule has 0 amide bonds. The molecule has 6 heteroatoms. The number of hydrogen-bond acceptors (Lipinski definition) is 4. The van der Waals surface area contributed by atoms with Crippen LogP contribution in [0.3, 0.4) is 0 Å². The fourth-order valence-corrected chi connectivity index (χ4v) is 4.63. The van der Waals surface area contributed by atoms with Gasteiger partial charge in [0.25, 0.3) is 0 Å². The summed E-state index contributed by atoms with van der Waals surface area (Å²) in [6.45, 7) is 2.79. The molecule has 1 aromatic heterocycles. The smallest absolute Gasteiger partial charge is 0.243 e. The van der Waals surface area contributed by atoms with Crippen molar-refractivity contribution in [3.63, 3.8) is 0 Å². The molecule has 2 aliphatic rings. The first-order chi connectivity index (χ1) is 10.0. The maximum absolute atomic E-state index is 12.8. The monoisotopic (exact) mass is 304 g/mol. The van der Waals surface area contributed by atoms with E-state index in [0.29, 0.717) is 23.6 Å². The zero-order valence-electron chi connectivity index (χ0n) is 11.7. The van der Waals surface area contributed by atoms with E-state index in [0.717, 1.165) is 18.5 Å². The van der Waals surface area contributed by atoms with Gasteiger partial charge in [-0.2, -0.15) is 4.31 Å². The number of rotatable bonds is 2. The van der Waals surface area contributed by atoms with Crippen molar-refractivity contribution in [2.24, 2.45) is 0 Å². The fourth-order valence-electron chi connectivity index (χ4n) is 3.16. The van der Waals surface area contributed by atoms with E-state index in [-0.39, 0.29) is 0 Å². The first kappa shape index (κ1) is 13.1. The molecular weight excluding hydrogens is 288 g/mol. The number of furan rings is 1. The van der Waals surface area contributed by atoms with E-state index in [1.54, 1.807) is 34.8 Å². The van der Waals surface area contributed by atoms with Crippen LogP contribution in [0.1, 0.15) is 0 Å². The van der Waals surface area contributed by atoms with Crippen LogP contribution in [-0.4, -0.2) is 50.8 Å². The molecule has 2 aliphatic heterocycles. The number of likely N-dealkylation sites (N-methyl/N-ethyl adjacent to an activating group) is 1. The Labute approximate surface area is 123 Å². The Kier molecular flexibility index (Phi) is 2.76. The molecule has 21 heavy (non-hydrogen) atoms. The Morgan fingerprint density at radius 1 is 1.05 bits per heavy atom. The van der Waals surface area contributed by atoms with Gasteiger partial charge >= 0.3 is 0 Å². The zero-order valence-corrected chi connectivity index (χ0v) is 12.6. The molecular formula is C15H16N2O3S. The molecule has 0 atom stereocenters. The van der Waals surface area contributed by atoms with Crippen LogP contribution in [0.5, 0.6) is 0 Å². The Bertz CT molecular complexity index is 833. The standard InChI is InChI=1S/C15H16N2O3S/c1-16-7-12-9-17(10-13(12)8-16)21(18,19)14-2-3-15-11(6-14)4-5-20-15/h2-6H,7-10H2,1H3. The molecule has 4 rings (SSSR count). The van der Waals surface area contributed by atoms with Crippen LogP contribution >= 0.6 is 0 Å². The molecule has 0 unspecified atom stereocenters. The third kappa shape index (κ3) is 2.02. The quantitative estimate of drug-likeness (QED) is 0.792. The van der Waals surface area contributed by atoms with Crippen molar-refractivity contribution in [3.8, 4) is 0 Å². The number of fused-ring (bicyclic) bond motifs is 1. The Morgan fingerprint density at radius 3 is 2.48 bits per heavy atom. The predicted molar refractivity (Wildman–Crippen MR) is 79.5 cm³/mol. The summed E-state index contributed by atoms with van der Waals surface area (Å²) in [4.78, 5) is 2.55. The molecule has 0 radical (unpaired) electrons. The summed E-state index contributed by atoms with van der Waals surface area (Å²) in [6, 6.07) is 6.80. The number of benzene rings is 1. The van der Waals surface area contributed by atoms with Crippen LogP contribution in [0.2, 0.25) is 0 Å².